The largest absolute Gasteiger partial charge is 0.454 e. The Bertz CT molecular complexity index is 609. The van der Waals surface area contributed by atoms with Gasteiger partial charge in [0.2, 0.25) is 0 Å². The van der Waals surface area contributed by atoms with Crippen LogP contribution in [-0.4, -0.2) is 25.7 Å². The average Bonchev–Trinajstić information content (AvgIpc) is 2.87. The number of ether oxygens (including phenoxy) is 1. The SMILES string of the molecule is CCCn1ncnc1COC(=O)c1cc(N)cnc1C. The van der Waals surface area contributed by atoms with Crippen LogP contribution in [0.25, 0.3) is 0 Å². The number of nitrogen functional groups attached to an aromatic ring is 1. The number of carbonyl (C=O) groups excluding carboxylic acids is 1. The molecule has 0 aliphatic rings. The van der Waals surface area contributed by atoms with Gasteiger partial charge in [0.05, 0.1) is 23.1 Å². The molecule has 2 aromatic rings. The van der Waals surface area contributed by atoms with E-state index in [9.17, 15) is 4.79 Å². The monoisotopic (exact) mass is 275 g/mol. The highest BCUT2D eigenvalue weighted by Gasteiger charge is 2.14. The van der Waals surface area contributed by atoms with Crippen molar-refractivity contribution in [2.75, 3.05) is 5.73 Å². The van der Waals surface area contributed by atoms with Gasteiger partial charge in [0.1, 0.15) is 6.33 Å². The molecular weight excluding hydrogens is 258 g/mol. The molecule has 0 aliphatic heterocycles. The summed E-state index contributed by atoms with van der Waals surface area (Å²) in [4.78, 5) is 20.1. The smallest absolute Gasteiger partial charge is 0.340 e. The van der Waals surface area contributed by atoms with Gasteiger partial charge in [-0.15, -0.1) is 0 Å². The minimum absolute atomic E-state index is 0.0765. The summed E-state index contributed by atoms with van der Waals surface area (Å²) in [7, 11) is 0. The summed E-state index contributed by atoms with van der Waals surface area (Å²) in [5.41, 5.74) is 7.00. The first kappa shape index (κ1) is 14.0. The first-order chi connectivity index (χ1) is 9.61. The van der Waals surface area contributed by atoms with Crippen LogP contribution < -0.4 is 5.73 Å². The fourth-order valence-electron chi connectivity index (χ4n) is 1.76. The quantitative estimate of drug-likeness (QED) is 0.827. The summed E-state index contributed by atoms with van der Waals surface area (Å²) >= 11 is 0. The van der Waals surface area contributed by atoms with E-state index in [1.165, 1.54) is 12.5 Å². The molecule has 2 heterocycles. The Hall–Kier alpha value is -2.44. The average molecular weight is 275 g/mol. The van der Waals surface area contributed by atoms with Crippen molar-refractivity contribution in [3.05, 3.63) is 35.7 Å². The lowest BCUT2D eigenvalue weighted by molar-refractivity contribution is 0.0455. The third kappa shape index (κ3) is 3.11. The standard InChI is InChI=1S/C13H17N5O2/c1-3-4-18-12(16-8-17-18)7-20-13(19)11-5-10(14)6-15-9(11)2/h5-6,8H,3-4,7,14H2,1-2H3. The summed E-state index contributed by atoms with van der Waals surface area (Å²) in [5, 5.41) is 4.07. The molecule has 0 bridgehead atoms. The van der Waals surface area contributed by atoms with Gasteiger partial charge in [-0.2, -0.15) is 5.10 Å². The Labute approximate surface area is 116 Å². The van der Waals surface area contributed by atoms with Crippen LogP contribution in [0.2, 0.25) is 0 Å². The first-order valence-electron chi connectivity index (χ1n) is 6.37. The molecule has 0 fully saturated rings. The predicted octanol–water partition coefficient (Wildman–Crippen LogP) is 1.33. The molecule has 0 aliphatic carbocycles. The second kappa shape index (κ2) is 6.14. The van der Waals surface area contributed by atoms with Gasteiger partial charge in [0.25, 0.3) is 0 Å². The molecule has 0 amide bonds. The second-order valence-electron chi connectivity index (χ2n) is 4.38. The van der Waals surface area contributed by atoms with Crippen LogP contribution in [0.1, 0.15) is 35.2 Å². The van der Waals surface area contributed by atoms with E-state index in [0.717, 1.165) is 13.0 Å². The lowest BCUT2D eigenvalue weighted by atomic mass is 10.2. The lowest BCUT2D eigenvalue weighted by Gasteiger charge is -2.08. The number of aromatic nitrogens is 4. The fraction of sp³-hybridized carbons (Fsp3) is 0.385. The molecule has 106 valence electrons. The molecule has 2 rings (SSSR count). The summed E-state index contributed by atoms with van der Waals surface area (Å²) in [6.07, 6.45) is 3.89. The molecule has 0 atom stereocenters. The number of pyridine rings is 1. The molecule has 7 heteroatoms. The number of aryl methyl sites for hydroxylation is 2. The summed E-state index contributed by atoms with van der Waals surface area (Å²) < 4.78 is 6.96. The van der Waals surface area contributed by atoms with Gasteiger partial charge in [-0.3, -0.25) is 4.98 Å². The van der Waals surface area contributed by atoms with Gasteiger partial charge >= 0.3 is 5.97 Å². The van der Waals surface area contributed by atoms with E-state index >= 15 is 0 Å². The zero-order valence-corrected chi connectivity index (χ0v) is 11.5. The summed E-state index contributed by atoms with van der Waals surface area (Å²) in [5.74, 6) is 0.156. The molecule has 0 unspecified atom stereocenters. The van der Waals surface area contributed by atoms with Crippen molar-refractivity contribution in [2.24, 2.45) is 0 Å². The Morgan fingerprint density at radius 1 is 1.45 bits per heavy atom. The molecule has 0 radical (unpaired) electrons. The van der Waals surface area contributed by atoms with E-state index in [1.54, 1.807) is 17.7 Å². The topological polar surface area (TPSA) is 95.9 Å². The zero-order chi connectivity index (χ0) is 14.5. The van der Waals surface area contributed by atoms with Gasteiger partial charge in [-0.1, -0.05) is 6.92 Å². The molecule has 0 aromatic carbocycles. The Morgan fingerprint density at radius 3 is 3.00 bits per heavy atom. The number of hydrogen-bond donors (Lipinski definition) is 1. The van der Waals surface area contributed by atoms with E-state index in [0.29, 0.717) is 22.8 Å². The highest BCUT2D eigenvalue weighted by Crippen LogP contribution is 2.12. The van der Waals surface area contributed by atoms with Crippen LogP contribution in [0.3, 0.4) is 0 Å². The molecule has 0 saturated carbocycles. The van der Waals surface area contributed by atoms with Crippen LogP contribution in [0.5, 0.6) is 0 Å². The van der Waals surface area contributed by atoms with Crippen LogP contribution in [0.4, 0.5) is 5.69 Å². The number of anilines is 1. The Morgan fingerprint density at radius 2 is 2.25 bits per heavy atom. The molecule has 7 nitrogen and oxygen atoms in total. The third-order valence-corrected chi connectivity index (χ3v) is 2.79. The molecular formula is C13H17N5O2. The lowest BCUT2D eigenvalue weighted by Crippen LogP contribution is -2.12. The fourth-order valence-corrected chi connectivity index (χ4v) is 1.76. The van der Waals surface area contributed by atoms with Crippen molar-refractivity contribution in [2.45, 2.75) is 33.4 Å². The Balaban J connectivity index is 2.05. The number of carbonyl (C=O) groups is 1. The molecule has 20 heavy (non-hydrogen) atoms. The van der Waals surface area contributed by atoms with Crippen molar-refractivity contribution < 1.29 is 9.53 Å². The normalized spacial score (nSPS) is 10.5. The van der Waals surface area contributed by atoms with E-state index < -0.39 is 5.97 Å². The third-order valence-electron chi connectivity index (χ3n) is 2.79. The van der Waals surface area contributed by atoms with E-state index in [-0.39, 0.29) is 6.61 Å². The predicted molar refractivity (Wildman–Crippen MR) is 72.8 cm³/mol. The maximum absolute atomic E-state index is 12.0. The minimum Gasteiger partial charge on any atom is -0.454 e. The van der Waals surface area contributed by atoms with Crippen molar-refractivity contribution in [3.8, 4) is 0 Å². The van der Waals surface area contributed by atoms with Gasteiger partial charge in [-0.05, 0) is 19.4 Å². The van der Waals surface area contributed by atoms with Gasteiger partial charge in [0.15, 0.2) is 12.4 Å². The summed E-state index contributed by atoms with van der Waals surface area (Å²) in [6.45, 7) is 4.59. The van der Waals surface area contributed by atoms with Crippen molar-refractivity contribution in [1.82, 2.24) is 19.7 Å². The summed E-state index contributed by atoms with van der Waals surface area (Å²) in [6, 6.07) is 1.56. The maximum atomic E-state index is 12.0. The van der Waals surface area contributed by atoms with Gasteiger partial charge in [-0.25, -0.2) is 14.5 Å². The van der Waals surface area contributed by atoms with Gasteiger partial charge < -0.3 is 10.5 Å². The van der Waals surface area contributed by atoms with Gasteiger partial charge in [0, 0.05) is 6.54 Å². The highest BCUT2D eigenvalue weighted by molar-refractivity contribution is 5.91. The van der Waals surface area contributed by atoms with Crippen LogP contribution in [0.15, 0.2) is 18.6 Å². The molecule has 0 saturated heterocycles. The van der Waals surface area contributed by atoms with E-state index in [2.05, 4.69) is 15.1 Å². The van der Waals surface area contributed by atoms with Crippen LogP contribution in [-0.2, 0) is 17.9 Å². The van der Waals surface area contributed by atoms with Crippen molar-refractivity contribution in [3.63, 3.8) is 0 Å². The number of rotatable bonds is 5. The van der Waals surface area contributed by atoms with Crippen LogP contribution >= 0.6 is 0 Å². The molecule has 0 spiro atoms. The van der Waals surface area contributed by atoms with Crippen molar-refractivity contribution >= 4 is 11.7 Å². The molecule has 2 aromatic heterocycles. The van der Waals surface area contributed by atoms with Crippen LogP contribution in [0, 0.1) is 6.92 Å². The minimum atomic E-state index is -0.464. The van der Waals surface area contributed by atoms with E-state index in [4.69, 9.17) is 10.5 Å². The first-order valence-corrected chi connectivity index (χ1v) is 6.37. The number of nitrogens with zero attached hydrogens (tertiary/aromatic N) is 4. The van der Waals surface area contributed by atoms with E-state index in [1.807, 2.05) is 6.92 Å². The number of hydrogen-bond acceptors (Lipinski definition) is 6. The highest BCUT2D eigenvalue weighted by atomic mass is 16.5. The van der Waals surface area contributed by atoms with Crippen molar-refractivity contribution in [1.29, 1.82) is 0 Å². The molecule has 2 N–H and O–H groups in total. The maximum Gasteiger partial charge on any atom is 0.340 e. The number of esters is 1. The Kier molecular flexibility index (Phi) is 4.29. The second-order valence-corrected chi connectivity index (χ2v) is 4.38. The number of nitrogens with two attached hydrogens (primary N) is 1. The zero-order valence-electron chi connectivity index (χ0n) is 11.5.